The lowest BCUT2D eigenvalue weighted by Gasteiger charge is -2.16. The minimum Gasteiger partial charge on any atom is -0.320 e. The molecule has 1 aliphatic heterocycles. The van der Waals surface area contributed by atoms with Crippen LogP contribution in [0.5, 0.6) is 0 Å². The fraction of sp³-hybridized carbons (Fsp3) is 0.174. The molecular weight excluding hydrogens is 447 g/mol. The summed E-state index contributed by atoms with van der Waals surface area (Å²) in [7, 11) is -3.70. The van der Waals surface area contributed by atoms with Crippen LogP contribution < -0.4 is 10.6 Å². The van der Waals surface area contributed by atoms with Crippen LogP contribution in [0.15, 0.2) is 71.8 Å². The van der Waals surface area contributed by atoms with E-state index in [9.17, 15) is 22.4 Å². The number of pyridine rings is 1. The number of nitrogens with one attached hydrogen (secondary N) is 2. The average Bonchev–Trinajstić information content (AvgIpc) is 3.37. The molecule has 2 amide bonds. The molecule has 1 saturated heterocycles. The van der Waals surface area contributed by atoms with Crippen molar-refractivity contribution in [2.45, 2.75) is 17.7 Å². The number of carbonyl (C=O) groups is 2. The zero-order valence-electron chi connectivity index (χ0n) is 17.5. The summed E-state index contributed by atoms with van der Waals surface area (Å²) in [6, 6.07) is 14.0. The Hall–Kier alpha value is -3.63. The van der Waals surface area contributed by atoms with Crippen molar-refractivity contribution in [3.05, 3.63) is 83.9 Å². The maximum Gasteiger partial charge on any atom is 0.274 e. The number of anilines is 2. The summed E-state index contributed by atoms with van der Waals surface area (Å²) in [5.74, 6) is -1.80. The number of rotatable bonds is 6. The van der Waals surface area contributed by atoms with Crippen LogP contribution in [0.25, 0.3) is 0 Å². The van der Waals surface area contributed by atoms with Crippen LogP contribution in [0.4, 0.5) is 15.8 Å². The highest BCUT2D eigenvalue weighted by Gasteiger charge is 2.27. The van der Waals surface area contributed by atoms with Crippen molar-refractivity contribution in [1.29, 1.82) is 0 Å². The summed E-state index contributed by atoms with van der Waals surface area (Å²) in [5, 5.41) is 5.15. The van der Waals surface area contributed by atoms with E-state index < -0.39 is 27.7 Å². The second-order valence-electron chi connectivity index (χ2n) is 7.45. The number of sulfonamides is 1. The average molecular weight is 469 g/mol. The Morgan fingerprint density at radius 3 is 2.36 bits per heavy atom. The van der Waals surface area contributed by atoms with Crippen molar-refractivity contribution in [2.24, 2.45) is 0 Å². The summed E-state index contributed by atoms with van der Waals surface area (Å²) >= 11 is 0. The van der Waals surface area contributed by atoms with E-state index >= 15 is 0 Å². The van der Waals surface area contributed by atoms with Crippen LogP contribution in [0.1, 0.15) is 33.7 Å². The lowest BCUT2D eigenvalue weighted by Crippen LogP contribution is -2.28. The number of halogens is 1. The summed E-state index contributed by atoms with van der Waals surface area (Å²) in [5.41, 5.74) is 0.429. The van der Waals surface area contributed by atoms with Gasteiger partial charge < -0.3 is 10.6 Å². The minimum atomic E-state index is -3.70. The van der Waals surface area contributed by atoms with E-state index in [2.05, 4.69) is 15.6 Å². The van der Waals surface area contributed by atoms with Gasteiger partial charge in [-0.2, -0.15) is 4.31 Å². The van der Waals surface area contributed by atoms with Crippen molar-refractivity contribution in [2.75, 3.05) is 23.7 Å². The predicted octanol–water partition coefficient (Wildman–Crippen LogP) is 3.51. The molecule has 0 radical (unpaired) electrons. The Labute approximate surface area is 190 Å². The van der Waals surface area contributed by atoms with E-state index in [0.717, 1.165) is 25.0 Å². The number of amides is 2. The van der Waals surface area contributed by atoms with Gasteiger partial charge in [0.1, 0.15) is 11.5 Å². The molecular formula is C23H21FN4O4S. The third-order valence-electron chi connectivity index (χ3n) is 5.17. The molecule has 170 valence electrons. The van der Waals surface area contributed by atoms with Gasteiger partial charge in [-0.15, -0.1) is 0 Å². The van der Waals surface area contributed by atoms with Crippen LogP contribution in [0.3, 0.4) is 0 Å². The van der Waals surface area contributed by atoms with Gasteiger partial charge in [-0.1, -0.05) is 12.1 Å². The number of benzene rings is 2. The Balaban J connectivity index is 1.56. The normalized spacial score (nSPS) is 14.1. The van der Waals surface area contributed by atoms with Crippen LogP contribution in [0, 0.1) is 5.82 Å². The molecule has 33 heavy (non-hydrogen) atoms. The van der Waals surface area contributed by atoms with Gasteiger partial charge in [-0.25, -0.2) is 12.8 Å². The SMILES string of the molecule is O=C(Nc1cc(F)ccc1NC(=O)c1ccccn1)c1cccc(S(=O)(=O)N2CCCC2)c1. The van der Waals surface area contributed by atoms with E-state index in [1.54, 1.807) is 12.1 Å². The van der Waals surface area contributed by atoms with E-state index in [4.69, 9.17) is 0 Å². The molecule has 0 spiro atoms. The van der Waals surface area contributed by atoms with Crippen molar-refractivity contribution in [1.82, 2.24) is 9.29 Å². The van der Waals surface area contributed by atoms with E-state index in [-0.39, 0.29) is 27.5 Å². The zero-order valence-corrected chi connectivity index (χ0v) is 18.3. The highest BCUT2D eigenvalue weighted by atomic mass is 32.2. The van der Waals surface area contributed by atoms with E-state index in [1.807, 2.05) is 0 Å². The molecule has 2 heterocycles. The fourth-order valence-electron chi connectivity index (χ4n) is 3.48. The monoisotopic (exact) mass is 468 g/mol. The van der Waals surface area contributed by atoms with Gasteiger partial charge in [0.15, 0.2) is 0 Å². The summed E-state index contributed by atoms with van der Waals surface area (Å²) < 4.78 is 40.9. The number of hydrogen-bond donors (Lipinski definition) is 2. The second kappa shape index (κ2) is 9.47. The Morgan fingerprint density at radius 2 is 1.64 bits per heavy atom. The standard InChI is InChI=1S/C23H21FN4O4S/c24-17-9-10-19(26-23(30)20-8-1-2-11-25-20)21(15-17)27-22(29)16-6-5-7-18(14-16)33(31,32)28-12-3-4-13-28/h1-2,5-11,14-15H,3-4,12-13H2,(H,26,30)(H,27,29). The van der Waals surface area contributed by atoms with Crippen LogP contribution >= 0.6 is 0 Å². The maximum atomic E-state index is 13.9. The molecule has 1 fully saturated rings. The van der Waals surface area contributed by atoms with Crippen molar-refractivity contribution >= 4 is 33.2 Å². The van der Waals surface area contributed by atoms with Crippen molar-refractivity contribution in [3.63, 3.8) is 0 Å². The highest BCUT2D eigenvalue weighted by molar-refractivity contribution is 7.89. The van der Waals surface area contributed by atoms with Gasteiger partial charge in [-0.3, -0.25) is 14.6 Å². The number of carbonyl (C=O) groups excluding carboxylic acids is 2. The first kappa shape index (κ1) is 22.6. The topological polar surface area (TPSA) is 108 Å². The van der Waals surface area contributed by atoms with Crippen molar-refractivity contribution < 1.29 is 22.4 Å². The van der Waals surface area contributed by atoms with Crippen LogP contribution in [-0.2, 0) is 10.0 Å². The molecule has 10 heteroatoms. The molecule has 2 aromatic carbocycles. The second-order valence-corrected chi connectivity index (χ2v) is 9.39. The Kier molecular flexibility index (Phi) is 6.47. The molecule has 0 atom stereocenters. The molecule has 0 bridgehead atoms. The first-order valence-electron chi connectivity index (χ1n) is 10.3. The minimum absolute atomic E-state index is 0.0139. The zero-order chi connectivity index (χ0) is 23.4. The third-order valence-corrected chi connectivity index (χ3v) is 7.07. The van der Waals surface area contributed by atoms with Gasteiger partial charge in [0.2, 0.25) is 10.0 Å². The van der Waals surface area contributed by atoms with Gasteiger partial charge >= 0.3 is 0 Å². The molecule has 0 aliphatic carbocycles. The molecule has 4 rings (SSSR count). The van der Waals surface area contributed by atoms with Crippen LogP contribution in [0.2, 0.25) is 0 Å². The van der Waals surface area contributed by atoms with Gasteiger partial charge in [-0.05, 0) is 61.4 Å². The molecule has 3 aromatic rings. The lowest BCUT2D eigenvalue weighted by molar-refractivity contribution is 0.101. The summed E-state index contributed by atoms with van der Waals surface area (Å²) in [6.07, 6.45) is 3.06. The summed E-state index contributed by atoms with van der Waals surface area (Å²) in [4.78, 5) is 29.3. The quantitative estimate of drug-likeness (QED) is 0.576. The first-order valence-corrected chi connectivity index (χ1v) is 11.7. The maximum absolute atomic E-state index is 13.9. The Morgan fingerprint density at radius 1 is 0.879 bits per heavy atom. The van der Waals surface area contributed by atoms with Gasteiger partial charge in [0.25, 0.3) is 11.8 Å². The molecule has 1 aliphatic rings. The molecule has 0 saturated carbocycles. The van der Waals surface area contributed by atoms with Crippen LogP contribution in [-0.4, -0.2) is 42.6 Å². The van der Waals surface area contributed by atoms with Gasteiger partial charge in [0.05, 0.1) is 16.3 Å². The fourth-order valence-corrected chi connectivity index (χ4v) is 5.05. The number of nitrogens with zero attached hydrogens (tertiary/aromatic N) is 2. The van der Waals surface area contributed by atoms with E-state index in [0.29, 0.717) is 13.1 Å². The van der Waals surface area contributed by atoms with Crippen molar-refractivity contribution in [3.8, 4) is 0 Å². The molecule has 2 N–H and O–H groups in total. The summed E-state index contributed by atoms with van der Waals surface area (Å²) in [6.45, 7) is 0.892. The lowest BCUT2D eigenvalue weighted by atomic mass is 10.2. The Bertz CT molecular complexity index is 1290. The molecule has 1 aromatic heterocycles. The smallest absolute Gasteiger partial charge is 0.274 e. The molecule has 8 nitrogen and oxygen atoms in total. The number of aromatic nitrogens is 1. The predicted molar refractivity (Wildman–Crippen MR) is 121 cm³/mol. The first-order chi connectivity index (χ1) is 15.8. The number of hydrogen-bond acceptors (Lipinski definition) is 5. The molecule has 0 unspecified atom stereocenters. The largest absolute Gasteiger partial charge is 0.320 e. The third kappa shape index (κ3) is 5.07. The highest BCUT2D eigenvalue weighted by Crippen LogP contribution is 2.25. The van der Waals surface area contributed by atoms with E-state index in [1.165, 1.54) is 46.9 Å². The van der Waals surface area contributed by atoms with Gasteiger partial charge in [0, 0.05) is 24.8 Å².